The van der Waals surface area contributed by atoms with Gasteiger partial charge in [-0.3, -0.25) is 15.0 Å². The summed E-state index contributed by atoms with van der Waals surface area (Å²) in [6.07, 6.45) is 2.88. The lowest BCUT2D eigenvalue weighted by atomic mass is 9.84. The predicted octanol–water partition coefficient (Wildman–Crippen LogP) is 3.83. The monoisotopic (exact) mass is 584 g/mol. The third-order valence-electron chi connectivity index (χ3n) is 7.27. The Labute approximate surface area is 234 Å². The molecule has 2 N–H and O–H groups in total. The maximum atomic E-state index is 13.6. The highest BCUT2D eigenvalue weighted by atomic mass is 35.5. The van der Waals surface area contributed by atoms with Crippen LogP contribution in [0.1, 0.15) is 39.0 Å². The Morgan fingerprint density at radius 1 is 1.08 bits per heavy atom. The first kappa shape index (κ1) is 30.1. The molecule has 4 rings (SSSR count). The van der Waals surface area contributed by atoms with Crippen LogP contribution in [0.2, 0.25) is 5.02 Å². The van der Waals surface area contributed by atoms with Gasteiger partial charge in [-0.25, -0.2) is 8.42 Å². The summed E-state index contributed by atoms with van der Waals surface area (Å²) in [4.78, 5) is 27.5. The first-order chi connectivity index (χ1) is 17.6. The predicted molar refractivity (Wildman–Crippen MR) is 149 cm³/mol. The average molecular weight is 586 g/mol. The number of nitrogens with zero attached hydrogens (tertiary/aromatic N) is 2. The van der Waals surface area contributed by atoms with Gasteiger partial charge in [-0.05, 0) is 67.6 Å². The second-order valence-electron chi connectivity index (χ2n) is 9.80. The number of ether oxygens (including phenoxy) is 1. The molecule has 0 aromatic heterocycles. The summed E-state index contributed by atoms with van der Waals surface area (Å²) in [6.45, 7) is 2.08. The topological polar surface area (TPSA) is 120 Å². The molecule has 1 aliphatic heterocycles. The average Bonchev–Trinajstić information content (AvgIpc) is 2.87. The highest BCUT2D eigenvalue weighted by molar-refractivity contribution is 7.89. The first-order valence-corrected chi connectivity index (χ1v) is 14.3. The van der Waals surface area contributed by atoms with Crippen molar-refractivity contribution >= 4 is 62.5 Å². The summed E-state index contributed by atoms with van der Waals surface area (Å²) in [6, 6.07) is 9.76. The van der Waals surface area contributed by atoms with Gasteiger partial charge in [-0.15, -0.1) is 12.4 Å². The summed E-state index contributed by atoms with van der Waals surface area (Å²) in [5.74, 6) is -0.294. The van der Waals surface area contributed by atoms with Crippen molar-refractivity contribution in [2.45, 2.75) is 56.0 Å². The third-order valence-corrected chi connectivity index (χ3v) is 9.36. The van der Waals surface area contributed by atoms with Crippen LogP contribution in [0.15, 0.2) is 41.3 Å². The van der Waals surface area contributed by atoms with Crippen molar-refractivity contribution in [1.29, 1.82) is 5.41 Å². The summed E-state index contributed by atoms with van der Waals surface area (Å²) in [5.41, 5.74) is 0. The van der Waals surface area contributed by atoms with Crippen LogP contribution in [-0.2, 0) is 24.3 Å². The number of hydrogen-bond acceptors (Lipinski definition) is 6. The molecule has 1 unspecified atom stereocenters. The zero-order valence-electron chi connectivity index (χ0n) is 21.5. The lowest BCUT2D eigenvalue weighted by Gasteiger charge is -2.42. The van der Waals surface area contributed by atoms with Crippen LogP contribution < -0.4 is 5.32 Å². The standard InChI is InChI=1S/C26H33ClN4O5S.ClH/c1-17(28)29-22-8-4-18(5-9-22)26(33)31-12-11-30(16-23(31)15-25(32)36-2)37(34,35)24-10-6-19-13-21(27)7-3-20(19)14-24;/h3,6-7,10,13-14,18,22-23H,4-5,8-9,11-12,15-16H2,1-2H3,(H2,28,29);1H/t18-,22-,23?;. The molecule has 0 radical (unpaired) electrons. The Kier molecular flexibility index (Phi) is 10.0. The van der Waals surface area contributed by atoms with Gasteiger partial charge in [0, 0.05) is 36.6 Å². The minimum absolute atomic E-state index is 0. The van der Waals surface area contributed by atoms with Gasteiger partial charge in [0.05, 0.1) is 30.3 Å². The van der Waals surface area contributed by atoms with Crippen LogP contribution >= 0.6 is 24.0 Å². The molecule has 1 saturated heterocycles. The fourth-order valence-electron chi connectivity index (χ4n) is 5.32. The molecular formula is C26H34Cl2N4O5S. The molecule has 1 saturated carbocycles. The number of carbonyl (C=O) groups excluding carboxylic acids is 2. The molecule has 2 fully saturated rings. The van der Waals surface area contributed by atoms with Crippen molar-refractivity contribution in [2.24, 2.45) is 5.92 Å². The van der Waals surface area contributed by atoms with Crippen LogP contribution in [0.3, 0.4) is 0 Å². The van der Waals surface area contributed by atoms with E-state index < -0.39 is 22.0 Å². The fourth-order valence-corrected chi connectivity index (χ4v) is 7.00. The van der Waals surface area contributed by atoms with E-state index in [-0.39, 0.29) is 61.2 Å². The molecular weight excluding hydrogens is 551 g/mol. The van der Waals surface area contributed by atoms with E-state index in [2.05, 4.69) is 5.32 Å². The Morgan fingerprint density at radius 2 is 1.74 bits per heavy atom. The number of nitrogens with one attached hydrogen (secondary N) is 2. The lowest BCUT2D eigenvalue weighted by Crippen LogP contribution is -2.58. The van der Waals surface area contributed by atoms with Crippen molar-refractivity contribution in [1.82, 2.24) is 14.5 Å². The van der Waals surface area contributed by atoms with Gasteiger partial charge >= 0.3 is 5.97 Å². The maximum absolute atomic E-state index is 13.6. The summed E-state index contributed by atoms with van der Waals surface area (Å²) in [7, 11) is -2.57. The van der Waals surface area contributed by atoms with Gasteiger partial charge in [-0.1, -0.05) is 23.7 Å². The van der Waals surface area contributed by atoms with Crippen molar-refractivity contribution in [3.63, 3.8) is 0 Å². The summed E-state index contributed by atoms with van der Waals surface area (Å²) >= 11 is 6.05. The number of esters is 1. The Hall–Kier alpha value is -2.40. The quantitative estimate of drug-likeness (QED) is 0.302. The Bertz CT molecular complexity index is 1300. The van der Waals surface area contributed by atoms with E-state index in [1.807, 2.05) is 0 Å². The molecule has 2 aromatic carbocycles. The Balaban J connectivity index is 0.00000400. The van der Waals surface area contributed by atoms with Gasteiger partial charge in [-0.2, -0.15) is 4.31 Å². The molecule has 2 aromatic rings. The van der Waals surface area contributed by atoms with Crippen molar-refractivity contribution in [3.05, 3.63) is 41.4 Å². The van der Waals surface area contributed by atoms with E-state index in [0.29, 0.717) is 23.7 Å². The van der Waals surface area contributed by atoms with E-state index in [4.69, 9.17) is 21.7 Å². The zero-order chi connectivity index (χ0) is 26.7. The molecule has 0 spiro atoms. The number of amides is 1. The van der Waals surface area contributed by atoms with Gasteiger partial charge < -0.3 is 15.0 Å². The maximum Gasteiger partial charge on any atom is 0.307 e. The van der Waals surface area contributed by atoms with Crippen LogP contribution in [0.5, 0.6) is 0 Å². The van der Waals surface area contributed by atoms with Crippen molar-refractivity contribution < 1.29 is 22.7 Å². The van der Waals surface area contributed by atoms with E-state index in [0.717, 1.165) is 23.6 Å². The van der Waals surface area contributed by atoms with Crippen molar-refractivity contribution in [3.8, 4) is 0 Å². The fraction of sp³-hybridized carbons (Fsp3) is 0.500. The minimum Gasteiger partial charge on any atom is -0.469 e. The second kappa shape index (κ2) is 12.6. The third kappa shape index (κ3) is 6.77. The number of hydrogen-bond donors (Lipinski definition) is 2. The second-order valence-corrected chi connectivity index (χ2v) is 12.2. The van der Waals surface area contributed by atoms with E-state index >= 15 is 0 Å². The number of amidine groups is 1. The van der Waals surface area contributed by atoms with E-state index in [9.17, 15) is 18.0 Å². The first-order valence-electron chi connectivity index (χ1n) is 12.5. The zero-order valence-corrected chi connectivity index (χ0v) is 23.9. The number of halogens is 2. The van der Waals surface area contributed by atoms with Gasteiger partial charge in [0.25, 0.3) is 0 Å². The molecule has 1 heterocycles. The van der Waals surface area contributed by atoms with Crippen LogP contribution in [0.4, 0.5) is 0 Å². The highest BCUT2D eigenvalue weighted by Gasteiger charge is 2.40. The molecule has 0 bridgehead atoms. The number of benzene rings is 2. The number of carbonyl (C=O) groups is 2. The Morgan fingerprint density at radius 3 is 2.39 bits per heavy atom. The summed E-state index contributed by atoms with van der Waals surface area (Å²) in [5, 5.41) is 12.9. The molecule has 1 amide bonds. The number of piperazine rings is 1. The number of fused-ring (bicyclic) bond motifs is 1. The van der Waals surface area contributed by atoms with Gasteiger partial charge in [0.2, 0.25) is 15.9 Å². The highest BCUT2D eigenvalue weighted by Crippen LogP contribution is 2.30. The molecule has 38 heavy (non-hydrogen) atoms. The van der Waals surface area contributed by atoms with E-state index in [1.54, 1.807) is 48.2 Å². The molecule has 1 aliphatic carbocycles. The smallest absolute Gasteiger partial charge is 0.307 e. The minimum atomic E-state index is -3.85. The SMILES string of the molecule is COC(=O)CC1CN(S(=O)(=O)c2ccc3cc(Cl)ccc3c2)CCN1C(=O)[C@H]1CC[C@H](NC(C)=N)CC1.Cl. The number of methoxy groups -OCH3 is 1. The van der Waals surface area contributed by atoms with Crippen LogP contribution in [0.25, 0.3) is 10.8 Å². The van der Waals surface area contributed by atoms with Gasteiger partial charge in [0.1, 0.15) is 0 Å². The molecule has 2 aliphatic rings. The normalized spacial score (nSPS) is 22.4. The number of rotatable bonds is 6. The lowest BCUT2D eigenvalue weighted by molar-refractivity contribution is -0.147. The number of sulfonamides is 1. The van der Waals surface area contributed by atoms with Crippen molar-refractivity contribution in [2.75, 3.05) is 26.7 Å². The molecule has 1 atom stereocenters. The molecule has 208 valence electrons. The van der Waals surface area contributed by atoms with Gasteiger partial charge in [0.15, 0.2) is 0 Å². The largest absolute Gasteiger partial charge is 0.469 e. The van der Waals surface area contributed by atoms with Crippen LogP contribution in [0, 0.1) is 11.3 Å². The van der Waals surface area contributed by atoms with Crippen LogP contribution in [-0.4, -0.2) is 74.2 Å². The summed E-state index contributed by atoms with van der Waals surface area (Å²) < 4.78 is 33.3. The van der Waals surface area contributed by atoms with E-state index in [1.165, 1.54) is 11.4 Å². The molecule has 12 heteroatoms. The molecule has 9 nitrogen and oxygen atoms in total.